The lowest BCUT2D eigenvalue weighted by Gasteiger charge is -2.13. The number of ether oxygens (including phenoxy) is 1. The number of methoxy groups -OCH3 is 1. The molecule has 1 atom stereocenters. The standard InChI is InChI=1S/C13H17N3O2/c1-3-7-16-12(9-14-15-16)13(17)10-5-4-6-11(8-10)18-2/h4-6,8-9,13,17H,3,7H2,1-2H3. The molecule has 0 saturated heterocycles. The number of rotatable bonds is 5. The summed E-state index contributed by atoms with van der Waals surface area (Å²) in [5.41, 5.74) is 1.47. The Kier molecular flexibility index (Phi) is 3.94. The quantitative estimate of drug-likeness (QED) is 0.875. The first-order valence-corrected chi connectivity index (χ1v) is 5.96. The van der Waals surface area contributed by atoms with Crippen LogP contribution in [-0.4, -0.2) is 27.2 Å². The molecule has 1 N–H and O–H groups in total. The van der Waals surface area contributed by atoms with Gasteiger partial charge in [-0.25, -0.2) is 4.68 Å². The van der Waals surface area contributed by atoms with Crippen LogP contribution in [0.3, 0.4) is 0 Å². The number of nitrogens with zero attached hydrogens (tertiary/aromatic N) is 3. The third-order valence-electron chi connectivity index (χ3n) is 2.77. The Morgan fingerprint density at radius 1 is 1.44 bits per heavy atom. The van der Waals surface area contributed by atoms with E-state index >= 15 is 0 Å². The summed E-state index contributed by atoms with van der Waals surface area (Å²) in [5.74, 6) is 0.723. The normalized spacial score (nSPS) is 12.4. The van der Waals surface area contributed by atoms with Gasteiger partial charge in [0, 0.05) is 6.54 Å². The summed E-state index contributed by atoms with van der Waals surface area (Å²) in [4.78, 5) is 0. The van der Waals surface area contributed by atoms with Gasteiger partial charge in [-0.1, -0.05) is 24.3 Å². The van der Waals surface area contributed by atoms with Crippen LogP contribution in [0.25, 0.3) is 0 Å². The van der Waals surface area contributed by atoms with Crippen LogP contribution in [0.1, 0.15) is 30.7 Å². The molecule has 0 spiro atoms. The Morgan fingerprint density at radius 3 is 3.00 bits per heavy atom. The first kappa shape index (κ1) is 12.6. The van der Waals surface area contributed by atoms with Crippen molar-refractivity contribution in [3.8, 4) is 5.75 Å². The number of benzene rings is 1. The van der Waals surface area contributed by atoms with Crippen LogP contribution < -0.4 is 4.74 Å². The molecule has 0 saturated carbocycles. The van der Waals surface area contributed by atoms with Crippen molar-refractivity contribution in [2.45, 2.75) is 26.0 Å². The smallest absolute Gasteiger partial charge is 0.122 e. The highest BCUT2D eigenvalue weighted by Crippen LogP contribution is 2.24. The van der Waals surface area contributed by atoms with Gasteiger partial charge >= 0.3 is 0 Å². The summed E-state index contributed by atoms with van der Waals surface area (Å²) >= 11 is 0. The van der Waals surface area contributed by atoms with Gasteiger partial charge in [0.15, 0.2) is 0 Å². The van der Waals surface area contributed by atoms with E-state index in [1.165, 1.54) is 0 Å². The molecule has 0 aliphatic carbocycles. The minimum Gasteiger partial charge on any atom is -0.497 e. The van der Waals surface area contributed by atoms with Crippen LogP contribution >= 0.6 is 0 Å². The first-order chi connectivity index (χ1) is 8.76. The van der Waals surface area contributed by atoms with Crippen LogP contribution in [0.5, 0.6) is 5.75 Å². The Bertz CT molecular complexity index is 510. The summed E-state index contributed by atoms with van der Waals surface area (Å²) < 4.78 is 6.88. The van der Waals surface area contributed by atoms with E-state index in [-0.39, 0.29) is 0 Å². The molecule has 1 aromatic carbocycles. The van der Waals surface area contributed by atoms with Crippen LogP contribution in [0, 0.1) is 0 Å². The number of aliphatic hydroxyl groups is 1. The highest BCUT2D eigenvalue weighted by atomic mass is 16.5. The largest absolute Gasteiger partial charge is 0.497 e. The van der Waals surface area contributed by atoms with E-state index in [9.17, 15) is 5.11 Å². The molecule has 0 aliphatic rings. The van der Waals surface area contributed by atoms with Crippen molar-refractivity contribution >= 4 is 0 Å². The molecular weight excluding hydrogens is 230 g/mol. The zero-order valence-corrected chi connectivity index (χ0v) is 10.6. The van der Waals surface area contributed by atoms with Crippen LogP contribution in [-0.2, 0) is 6.54 Å². The van der Waals surface area contributed by atoms with E-state index in [1.807, 2.05) is 24.3 Å². The second-order valence-corrected chi connectivity index (χ2v) is 4.06. The average Bonchev–Trinajstić information content (AvgIpc) is 2.86. The van der Waals surface area contributed by atoms with Crippen LogP contribution in [0.15, 0.2) is 30.5 Å². The second kappa shape index (κ2) is 5.64. The van der Waals surface area contributed by atoms with E-state index in [2.05, 4.69) is 17.2 Å². The Morgan fingerprint density at radius 2 is 2.28 bits per heavy atom. The lowest BCUT2D eigenvalue weighted by atomic mass is 10.1. The van der Waals surface area contributed by atoms with Crippen molar-refractivity contribution in [2.75, 3.05) is 7.11 Å². The van der Waals surface area contributed by atoms with Gasteiger partial charge in [-0.3, -0.25) is 0 Å². The Balaban J connectivity index is 2.29. The third-order valence-corrected chi connectivity index (χ3v) is 2.77. The molecule has 5 nitrogen and oxygen atoms in total. The first-order valence-electron chi connectivity index (χ1n) is 5.96. The van der Waals surface area contributed by atoms with Gasteiger partial charge in [-0.2, -0.15) is 0 Å². The molecule has 0 amide bonds. The summed E-state index contributed by atoms with van der Waals surface area (Å²) in [5, 5.41) is 18.2. The van der Waals surface area contributed by atoms with E-state index in [4.69, 9.17) is 4.74 Å². The fourth-order valence-electron chi connectivity index (χ4n) is 1.85. The lowest BCUT2D eigenvalue weighted by Crippen LogP contribution is -2.10. The maximum atomic E-state index is 10.4. The molecule has 1 aromatic heterocycles. The molecule has 96 valence electrons. The molecule has 0 bridgehead atoms. The minimum absolute atomic E-state index is 0.699. The van der Waals surface area contributed by atoms with Gasteiger partial charge in [0.25, 0.3) is 0 Å². The molecule has 1 unspecified atom stereocenters. The monoisotopic (exact) mass is 247 g/mol. The zero-order valence-electron chi connectivity index (χ0n) is 10.6. The predicted molar refractivity (Wildman–Crippen MR) is 67.4 cm³/mol. The van der Waals surface area contributed by atoms with Crippen molar-refractivity contribution in [3.05, 3.63) is 41.7 Å². The summed E-state index contributed by atoms with van der Waals surface area (Å²) in [7, 11) is 1.61. The van der Waals surface area contributed by atoms with Gasteiger partial charge in [-0.05, 0) is 24.1 Å². The summed E-state index contributed by atoms with van der Waals surface area (Å²) in [6.45, 7) is 2.81. The van der Waals surface area contributed by atoms with Crippen molar-refractivity contribution in [1.29, 1.82) is 0 Å². The number of aryl methyl sites for hydroxylation is 1. The fraction of sp³-hybridized carbons (Fsp3) is 0.385. The molecule has 0 fully saturated rings. The average molecular weight is 247 g/mol. The molecule has 2 aromatic rings. The number of aromatic nitrogens is 3. The Labute approximate surface area is 106 Å². The number of hydrogen-bond acceptors (Lipinski definition) is 4. The summed E-state index contributed by atoms with van der Waals surface area (Å²) in [6, 6.07) is 7.37. The maximum Gasteiger partial charge on any atom is 0.122 e. The van der Waals surface area contributed by atoms with Gasteiger partial charge in [-0.15, -0.1) is 5.10 Å². The third kappa shape index (κ3) is 2.51. The van der Waals surface area contributed by atoms with Gasteiger partial charge < -0.3 is 9.84 Å². The van der Waals surface area contributed by atoms with Crippen molar-refractivity contribution in [1.82, 2.24) is 15.0 Å². The molecule has 0 aliphatic heterocycles. The second-order valence-electron chi connectivity index (χ2n) is 4.06. The molecule has 2 rings (SSSR count). The minimum atomic E-state index is -0.735. The van der Waals surface area contributed by atoms with Crippen LogP contribution in [0.2, 0.25) is 0 Å². The molecule has 18 heavy (non-hydrogen) atoms. The van der Waals surface area contributed by atoms with Gasteiger partial charge in [0.1, 0.15) is 11.9 Å². The highest BCUT2D eigenvalue weighted by Gasteiger charge is 2.16. The maximum absolute atomic E-state index is 10.4. The molecular formula is C13H17N3O2. The van der Waals surface area contributed by atoms with E-state index in [0.29, 0.717) is 5.69 Å². The fourth-order valence-corrected chi connectivity index (χ4v) is 1.85. The lowest BCUT2D eigenvalue weighted by molar-refractivity contribution is 0.207. The highest BCUT2D eigenvalue weighted by molar-refractivity contribution is 5.32. The predicted octanol–water partition coefficient (Wildman–Crippen LogP) is 1.78. The van der Waals surface area contributed by atoms with E-state index < -0.39 is 6.10 Å². The van der Waals surface area contributed by atoms with Crippen molar-refractivity contribution < 1.29 is 9.84 Å². The number of hydrogen-bond donors (Lipinski definition) is 1. The van der Waals surface area contributed by atoms with Crippen molar-refractivity contribution in [2.24, 2.45) is 0 Å². The molecule has 5 heteroatoms. The molecule has 0 radical (unpaired) electrons. The zero-order chi connectivity index (χ0) is 13.0. The SMILES string of the molecule is CCCn1nncc1C(O)c1cccc(OC)c1. The van der Waals surface area contributed by atoms with Gasteiger partial charge in [0.2, 0.25) is 0 Å². The Hall–Kier alpha value is -1.88. The van der Waals surface area contributed by atoms with Gasteiger partial charge in [0.05, 0.1) is 19.0 Å². The van der Waals surface area contributed by atoms with Crippen LogP contribution in [0.4, 0.5) is 0 Å². The van der Waals surface area contributed by atoms with E-state index in [1.54, 1.807) is 18.0 Å². The summed E-state index contributed by atoms with van der Waals surface area (Å²) in [6.07, 6.45) is 1.81. The number of aliphatic hydroxyl groups excluding tert-OH is 1. The molecule has 1 heterocycles. The topological polar surface area (TPSA) is 60.2 Å². The van der Waals surface area contributed by atoms with Crippen molar-refractivity contribution in [3.63, 3.8) is 0 Å². The van der Waals surface area contributed by atoms with E-state index in [0.717, 1.165) is 24.3 Å².